The number of rotatable bonds is 6. The first-order chi connectivity index (χ1) is 28.7. The maximum absolute atomic E-state index is 2.43. The number of nitrogens with zero attached hydrogens (tertiary/aromatic N) is 2. The van der Waals surface area contributed by atoms with Gasteiger partial charge in [0.2, 0.25) is 0 Å². The minimum Gasteiger partial charge on any atom is -0.310 e. The van der Waals surface area contributed by atoms with Crippen LogP contribution in [0, 0.1) is 0 Å². The highest BCUT2D eigenvalue weighted by atomic mass is 32.1. The Morgan fingerprint density at radius 3 is 1.59 bits per heavy atom. The Balaban J connectivity index is 0.975. The Morgan fingerprint density at radius 1 is 0.328 bits per heavy atom. The van der Waals surface area contributed by atoms with E-state index in [4.69, 9.17) is 0 Å². The van der Waals surface area contributed by atoms with Gasteiger partial charge in [0.05, 0.1) is 16.7 Å². The van der Waals surface area contributed by atoms with Crippen LogP contribution in [0.25, 0.3) is 90.1 Å². The third-order valence-corrected chi connectivity index (χ3v) is 13.9. The standard InChI is InChI=1S/C54H34N2S2/c1-2-11-39(12-3-1)56-47-16-7-4-13-42(47)43-31-25-37(33-49(43)56)35-21-27-40(28-22-35)55(48-17-10-20-52-54(48)46-15-6-9-19-51(46)57-52)41-29-23-36(24-30-41)38-26-32-45-44-14-5-8-18-50(44)58-53(45)34-38/h1-34H. The fraction of sp³-hybridized carbons (Fsp3) is 0. The van der Waals surface area contributed by atoms with Crippen molar-refractivity contribution in [1.29, 1.82) is 0 Å². The van der Waals surface area contributed by atoms with Gasteiger partial charge in [0.15, 0.2) is 0 Å². The fourth-order valence-corrected chi connectivity index (χ4v) is 11.2. The van der Waals surface area contributed by atoms with E-state index >= 15 is 0 Å². The van der Waals surface area contributed by atoms with Crippen molar-refractivity contribution in [2.45, 2.75) is 0 Å². The van der Waals surface area contributed by atoms with Gasteiger partial charge in [-0.15, -0.1) is 22.7 Å². The summed E-state index contributed by atoms with van der Waals surface area (Å²) in [4.78, 5) is 2.43. The normalized spacial score (nSPS) is 11.8. The molecular weight excluding hydrogens is 741 g/mol. The van der Waals surface area contributed by atoms with Crippen molar-refractivity contribution >= 4 is 102 Å². The highest BCUT2D eigenvalue weighted by Gasteiger charge is 2.20. The quantitative estimate of drug-likeness (QED) is 0.163. The largest absolute Gasteiger partial charge is 0.310 e. The van der Waals surface area contributed by atoms with Crippen molar-refractivity contribution in [3.8, 4) is 27.9 Å². The van der Waals surface area contributed by atoms with Crippen molar-refractivity contribution in [2.75, 3.05) is 4.90 Å². The highest BCUT2D eigenvalue weighted by molar-refractivity contribution is 7.26. The minimum atomic E-state index is 1.12. The predicted octanol–water partition coefficient (Wildman–Crippen LogP) is 16.3. The predicted molar refractivity (Wildman–Crippen MR) is 252 cm³/mol. The molecule has 58 heavy (non-hydrogen) atoms. The van der Waals surface area contributed by atoms with E-state index in [1.165, 1.54) is 95.8 Å². The first kappa shape index (κ1) is 33.2. The summed E-state index contributed by atoms with van der Waals surface area (Å²) in [7, 11) is 0. The molecule has 0 unspecified atom stereocenters. The molecule has 0 atom stereocenters. The fourth-order valence-electron chi connectivity index (χ4n) is 8.89. The molecule has 12 aromatic rings. The second-order valence-corrected chi connectivity index (χ2v) is 17.1. The van der Waals surface area contributed by atoms with Crippen LogP contribution in [0.4, 0.5) is 17.1 Å². The smallest absolute Gasteiger partial charge is 0.0554 e. The van der Waals surface area contributed by atoms with Crippen LogP contribution in [-0.2, 0) is 0 Å². The first-order valence-electron chi connectivity index (χ1n) is 19.7. The van der Waals surface area contributed by atoms with Gasteiger partial charge in [-0.25, -0.2) is 0 Å². The monoisotopic (exact) mass is 774 g/mol. The molecule has 2 nitrogen and oxygen atoms in total. The summed E-state index contributed by atoms with van der Waals surface area (Å²) in [5.74, 6) is 0. The van der Waals surface area contributed by atoms with Crippen molar-refractivity contribution in [3.05, 3.63) is 206 Å². The number of benzene rings is 9. The Hall–Kier alpha value is -6.98. The highest BCUT2D eigenvalue weighted by Crippen LogP contribution is 2.46. The van der Waals surface area contributed by atoms with Crippen molar-refractivity contribution in [2.24, 2.45) is 0 Å². The molecule has 0 aliphatic rings. The van der Waals surface area contributed by atoms with Gasteiger partial charge in [-0.3, -0.25) is 0 Å². The summed E-state index contributed by atoms with van der Waals surface area (Å²) in [6.07, 6.45) is 0. The lowest BCUT2D eigenvalue weighted by molar-refractivity contribution is 1.18. The number of anilines is 3. The third-order valence-electron chi connectivity index (χ3n) is 11.6. The van der Waals surface area contributed by atoms with Crippen LogP contribution < -0.4 is 4.90 Å². The van der Waals surface area contributed by atoms with Gasteiger partial charge in [0.1, 0.15) is 0 Å². The van der Waals surface area contributed by atoms with E-state index in [0.29, 0.717) is 0 Å². The average molecular weight is 775 g/mol. The topological polar surface area (TPSA) is 8.17 Å². The summed E-state index contributed by atoms with van der Waals surface area (Å²) >= 11 is 3.73. The molecule has 0 aliphatic carbocycles. The van der Waals surface area contributed by atoms with Crippen LogP contribution in [0.5, 0.6) is 0 Å². The van der Waals surface area contributed by atoms with E-state index in [1.807, 2.05) is 22.7 Å². The molecule has 0 saturated carbocycles. The molecule has 3 heterocycles. The molecule has 0 aliphatic heterocycles. The Kier molecular flexibility index (Phi) is 7.62. The molecule has 0 N–H and O–H groups in total. The Labute approximate surface area is 343 Å². The maximum Gasteiger partial charge on any atom is 0.0554 e. The van der Waals surface area contributed by atoms with Gasteiger partial charge in [0, 0.05) is 68.2 Å². The SMILES string of the molecule is c1ccc(-n2c3ccccc3c3ccc(-c4ccc(N(c5ccc(-c6ccc7c(c6)sc6ccccc67)cc5)c5cccc6sc7ccccc7c56)cc4)cc32)cc1. The number of thiophene rings is 2. The van der Waals surface area contributed by atoms with E-state index < -0.39 is 0 Å². The number of aromatic nitrogens is 1. The second-order valence-electron chi connectivity index (χ2n) is 14.9. The molecule has 0 amide bonds. The summed E-state index contributed by atoms with van der Waals surface area (Å²) < 4.78 is 7.63. The zero-order valence-electron chi connectivity index (χ0n) is 31.3. The number of hydrogen-bond donors (Lipinski definition) is 0. The van der Waals surface area contributed by atoms with Gasteiger partial charge in [-0.1, -0.05) is 127 Å². The van der Waals surface area contributed by atoms with Crippen LogP contribution in [0.3, 0.4) is 0 Å². The van der Waals surface area contributed by atoms with Crippen LogP contribution in [0.2, 0.25) is 0 Å². The zero-order chi connectivity index (χ0) is 38.2. The van der Waals surface area contributed by atoms with Crippen LogP contribution in [-0.4, -0.2) is 4.57 Å². The van der Waals surface area contributed by atoms with E-state index in [-0.39, 0.29) is 0 Å². The molecular formula is C54H34N2S2. The first-order valence-corrected chi connectivity index (χ1v) is 21.3. The van der Waals surface area contributed by atoms with E-state index in [0.717, 1.165) is 11.4 Å². The second kappa shape index (κ2) is 13.3. The Bertz CT molecular complexity index is 3500. The molecule has 0 fully saturated rings. The number of para-hydroxylation sites is 2. The Morgan fingerprint density at radius 2 is 0.845 bits per heavy atom. The summed E-state index contributed by atoms with van der Waals surface area (Å²) in [6.45, 7) is 0. The van der Waals surface area contributed by atoms with Crippen LogP contribution >= 0.6 is 22.7 Å². The number of hydrogen-bond acceptors (Lipinski definition) is 3. The van der Waals surface area contributed by atoms with Crippen molar-refractivity contribution in [3.63, 3.8) is 0 Å². The lowest BCUT2D eigenvalue weighted by Crippen LogP contribution is -2.10. The molecule has 3 aromatic heterocycles. The molecule has 0 bridgehead atoms. The molecule has 9 aromatic carbocycles. The maximum atomic E-state index is 2.43. The van der Waals surface area contributed by atoms with Crippen LogP contribution in [0.1, 0.15) is 0 Å². The molecule has 0 saturated heterocycles. The summed E-state index contributed by atoms with van der Waals surface area (Å²) in [6, 6.07) is 75.6. The van der Waals surface area contributed by atoms with E-state index in [1.54, 1.807) is 0 Å². The van der Waals surface area contributed by atoms with Crippen LogP contribution in [0.15, 0.2) is 206 Å². The lowest BCUT2D eigenvalue weighted by atomic mass is 10.0. The van der Waals surface area contributed by atoms with Gasteiger partial charge in [0.25, 0.3) is 0 Å². The molecule has 4 heteroatoms. The zero-order valence-corrected chi connectivity index (χ0v) is 33.0. The average Bonchev–Trinajstić information content (AvgIpc) is 3.97. The van der Waals surface area contributed by atoms with E-state index in [2.05, 4.69) is 216 Å². The summed E-state index contributed by atoms with van der Waals surface area (Å²) in [5.41, 5.74) is 11.8. The third kappa shape index (κ3) is 5.30. The van der Waals surface area contributed by atoms with Gasteiger partial charge < -0.3 is 9.47 Å². The van der Waals surface area contributed by atoms with Gasteiger partial charge in [-0.05, 0) is 101 Å². The van der Waals surface area contributed by atoms with Gasteiger partial charge in [-0.2, -0.15) is 0 Å². The minimum absolute atomic E-state index is 1.12. The van der Waals surface area contributed by atoms with Gasteiger partial charge >= 0.3 is 0 Å². The van der Waals surface area contributed by atoms with Crippen molar-refractivity contribution < 1.29 is 0 Å². The molecule has 272 valence electrons. The molecule has 0 radical (unpaired) electrons. The number of fused-ring (bicyclic) bond motifs is 9. The lowest BCUT2D eigenvalue weighted by Gasteiger charge is -2.27. The van der Waals surface area contributed by atoms with E-state index in [9.17, 15) is 0 Å². The molecule has 12 rings (SSSR count). The van der Waals surface area contributed by atoms with Crippen molar-refractivity contribution in [1.82, 2.24) is 4.57 Å². The summed E-state index contributed by atoms with van der Waals surface area (Å²) in [5, 5.41) is 7.75. The molecule has 0 spiro atoms.